The summed E-state index contributed by atoms with van der Waals surface area (Å²) in [5.74, 6) is -0.456. The quantitative estimate of drug-likeness (QED) is 0.789. The van der Waals surface area contributed by atoms with Gasteiger partial charge < -0.3 is 0 Å². The number of hydrogen-bond acceptors (Lipinski definition) is 4. The Balaban J connectivity index is 2.64. The largest absolute Gasteiger partial charge is 0.317 e. The van der Waals surface area contributed by atoms with Gasteiger partial charge in [-0.25, -0.2) is 5.48 Å². The number of hydroxylamine groups is 1. The zero-order valence-electron chi connectivity index (χ0n) is 8.84. The number of amides is 1. The molecule has 0 bridgehead atoms. The molecule has 16 heavy (non-hydrogen) atoms. The van der Waals surface area contributed by atoms with E-state index in [0.29, 0.717) is 6.42 Å². The first-order valence-electron chi connectivity index (χ1n) is 4.83. The van der Waals surface area contributed by atoms with Crippen LogP contribution in [0.25, 0.3) is 0 Å². The maximum atomic E-state index is 11.5. The fraction of sp³-hybridized carbons (Fsp3) is 0.300. The Morgan fingerprint density at radius 1 is 1.31 bits per heavy atom. The number of carbonyl (C=O) groups excluding carboxylic acids is 1. The molecule has 0 spiro atoms. The monoisotopic (exact) mass is 243 g/mol. The lowest BCUT2D eigenvalue weighted by Gasteiger charge is -2.05. The van der Waals surface area contributed by atoms with Gasteiger partial charge in [-0.1, -0.05) is 25.1 Å². The number of hydrogen-bond donors (Lipinski definition) is 1. The van der Waals surface area contributed by atoms with Crippen molar-refractivity contribution < 1.29 is 17.5 Å². The molecule has 0 atom stereocenters. The highest BCUT2D eigenvalue weighted by Gasteiger charge is 2.15. The third-order valence-electron chi connectivity index (χ3n) is 1.77. The van der Waals surface area contributed by atoms with E-state index in [1.807, 2.05) is 12.4 Å². The molecule has 0 aliphatic rings. The predicted molar refractivity (Wildman–Crippen MR) is 57.8 cm³/mol. The summed E-state index contributed by atoms with van der Waals surface area (Å²) >= 11 is 0. The molecule has 0 radical (unpaired) electrons. The molecule has 5 nitrogen and oxygen atoms in total. The average Bonchev–Trinajstić information content (AvgIpc) is 2.28. The van der Waals surface area contributed by atoms with Gasteiger partial charge in [0.15, 0.2) is 0 Å². The summed E-state index contributed by atoms with van der Waals surface area (Å²) in [6, 6.07) is 7.62. The van der Waals surface area contributed by atoms with E-state index in [2.05, 4.69) is 4.28 Å². The van der Waals surface area contributed by atoms with Gasteiger partial charge in [0.2, 0.25) is 5.91 Å². The molecule has 88 valence electrons. The lowest BCUT2D eigenvalue weighted by molar-refractivity contribution is -0.127. The van der Waals surface area contributed by atoms with Gasteiger partial charge in [-0.2, -0.15) is 8.42 Å². The van der Waals surface area contributed by atoms with E-state index in [9.17, 15) is 13.2 Å². The Kier molecular flexibility index (Phi) is 4.45. The van der Waals surface area contributed by atoms with Crippen LogP contribution in [0.2, 0.25) is 0 Å². The van der Waals surface area contributed by atoms with Crippen molar-refractivity contribution in [2.45, 2.75) is 24.7 Å². The smallest absolute Gasteiger partial charge is 0.273 e. The van der Waals surface area contributed by atoms with Gasteiger partial charge in [0.25, 0.3) is 0 Å². The summed E-state index contributed by atoms with van der Waals surface area (Å²) in [4.78, 5) is 11.0. The maximum Gasteiger partial charge on any atom is 0.317 e. The summed E-state index contributed by atoms with van der Waals surface area (Å²) in [5.41, 5.74) is 1.90. The van der Waals surface area contributed by atoms with Crippen LogP contribution in [0.3, 0.4) is 0 Å². The van der Waals surface area contributed by atoms with E-state index in [0.717, 1.165) is 0 Å². The summed E-state index contributed by atoms with van der Waals surface area (Å²) in [5, 5.41) is 0. The van der Waals surface area contributed by atoms with Crippen molar-refractivity contribution in [3.8, 4) is 0 Å². The molecule has 0 saturated carbocycles. The lowest BCUT2D eigenvalue weighted by Crippen LogP contribution is -2.26. The SMILES string of the molecule is CCCC(=O)NOS(=O)(=O)c1ccccc1. The van der Waals surface area contributed by atoms with Gasteiger partial charge >= 0.3 is 10.1 Å². The van der Waals surface area contributed by atoms with Crippen LogP contribution in [0.15, 0.2) is 35.2 Å². The summed E-state index contributed by atoms with van der Waals surface area (Å²) in [6.45, 7) is 1.81. The molecule has 0 unspecified atom stereocenters. The molecule has 1 N–H and O–H groups in total. The molecule has 1 rings (SSSR count). The van der Waals surface area contributed by atoms with Crippen LogP contribution in [0.4, 0.5) is 0 Å². The van der Waals surface area contributed by atoms with Crippen molar-refractivity contribution in [3.63, 3.8) is 0 Å². The third-order valence-corrected chi connectivity index (χ3v) is 2.93. The number of carbonyl (C=O) groups is 1. The number of rotatable bonds is 5. The molecule has 1 amide bonds. The van der Waals surface area contributed by atoms with E-state index in [-0.39, 0.29) is 11.3 Å². The minimum Gasteiger partial charge on any atom is -0.273 e. The fourth-order valence-corrected chi connectivity index (χ4v) is 1.80. The van der Waals surface area contributed by atoms with E-state index >= 15 is 0 Å². The second-order valence-corrected chi connectivity index (χ2v) is 4.67. The second kappa shape index (κ2) is 5.62. The first kappa shape index (κ1) is 12.7. The van der Waals surface area contributed by atoms with Crippen LogP contribution in [-0.4, -0.2) is 14.3 Å². The van der Waals surface area contributed by atoms with Crippen LogP contribution >= 0.6 is 0 Å². The molecule has 0 aliphatic carbocycles. The molecule has 1 aromatic rings. The Hall–Kier alpha value is -1.40. The van der Waals surface area contributed by atoms with Crippen LogP contribution in [0, 0.1) is 0 Å². The molecule has 1 aromatic carbocycles. The predicted octanol–water partition coefficient (Wildman–Crippen LogP) is 1.22. The highest BCUT2D eigenvalue weighted by Crippen LogP contribution is 2.09. The summed E-state index contributed by atoms with van der Waals surface area (Å²) in [7, 11) is -3.91. The lowest BCUT2D eigenvalue weighted by atomic mass is 10.3. The molecule has 0 fully saturated rings. The highest BCUT2D eigenvalue weighted by molar-refractivity contribution is 7.86. The highest BCUT2D eigenvalue weighted by atomic mass is 32.2. The van der Waals surface area contributed by atoms with Gasteiger partial charge in [-0.05, 0) is 18.6 Å². The Morgan fingerprint density at radius 2 is 1.94 bits per heavy atom. The van der Waals surface area contributed by atoms with Crippen LogP contribution in [0.1, 0.15) is 19.8 Å². The van der Waals surface area contributed by atoms with Crippen LogP contribution in [-0.2, 0) is 19.2 Å². The second-order valence-electron chi connectivity index (χ2n) is 3.13. The molecule has 6 heteroatoms. The van der Waals surface area contributed by atoms with E-state index in [4.69, 9.17) is 0 Å². The maximum absolute atomic E-state index is 11.5. The van der Waals surface area contributed by atoms with Gasteiger partial charge in [-0.3, -0.25) is 4.79 Å². The van der Waals surface area contributed by atoms with E-state index in [1.54, 1.807) is 18.2 Å². The van der Waals surface area contributed by atoms with Gasteiger partial charge in [0.1, 0.15) is 0 Å². The van der Waals surface area contributed by atoms with Gasteiger partial charge in [0.05, 0.1) is 4.90 Å². The van der Waals surface area contributed by atoms with Crippen LogP contribution < -0.4 is 5.48 Å². The van der Waals surface area contributed by atoms with Gasteiger partial charge in [0, 0.05) is 6.42 Å². The molecule has 0 heterocycles. The van der Waals surface area contributed by atoms with Crippen molar-refractivity contribution in [2.24, 2.45) is 0 Å². The van der Waals surface area contributed by atoms with Crippen molar-refractivity contribution in [2.75, 3.05) is 0 Å². The molecule has 0 saturated heterocycles. The van der Waals surface area contributed by atoms with Crippen molar-refractivity contribution >= 4 is 16.0 Å². The molecule has 0 aliphatic heterocycles. The van der Waals surface area contributed by atoms with E-state index in [1.165, 1.54) is 12.1 Å². The summed E-state index contributed by atoms with van der Waals surface area (Å²) in [6.07, 6.45) is 0.852. The summed E-state index contributed by atoms with van der Waals surface area (Å²) < 4.78 is 27.4. The zero-order chi connectivity index (χ0) is 12.0. The first-order chi connectivity index (χ1) is 7.56. The first-order valence-corrected chi connectivity index (χ1v) is 6.24. The number of benzene rings is 1. The van der Waals surface area contributed by atoms with Gasteiger partial charge in [-0.15, -0.1) is 4.28 Å². The number of nitrogens with one attached hydrogen (secondary N) is 1. The average molecular weight is 243 g/mol. The Bertz CT molecular complexity index is 441. The fourth-order valence-electron chi connectivity index (χ4n) is 1.01. The van der Waals surface area contributed by atoms with Crippen molar-refractivity contribution in [1.82, 2.24) is 5.48 Å². The molecule has 0 aromatic heterocycles. The third kappa shape index (κ3) is 3.63. The molecular formula is C10H13NO4S. The van der Waals surface area contributed by atoms with Crippen molar-refractivity contribution in [1.29, 1.82) is 0 Å². The standard InChI is InChI=1S/C10H13NO4S/c1-2-6-10(12)11-15-16(13,14)9-7-4-3-5-8-9/h3-5,7-8H,2,6H2,1H3,(H,11,12). The Morgan fingerprint density at radius 3 is 2.50 bits per heavy atom. The molecular weight excluding hydrogens is 230 g/mol. The minimum atomic E-state index is -3.91. The normalized spacial score (nSPS) is 11.1. The minimum absolute atomic E-state index is 0.00629. The topological polar surface area (TPSA) is 72.5 Å². The zero-order valence-corrected chi connectivity index (χ0v) is 9.66. The Labute approximate surface area is 94.5 Å². The van der Waals surface area contributed by atoms with Crippen molar-refractivity contribution in [3.05, 3.63) is 30.3 Å². The van der Waals surface area contributed by atoms with E-state index < -0.39 is 16.0 Å². The van der Waals surface area contributed by atoms with Crippen LogP contribution in [0.5, 0.6) is 0 Å².